The summed E-state index contributed by atoms with van der Waals surface area (Å²) >= 11 is 0. The number of fused-ring (bicyclic) bond motifs is 1. The molecule has 166 valence electrons. The number of methoxy groups -OCH3 is 1. The standard InChI is InChI=1S/C28H27N3O2/c1-28(21-9-4-3-5-10-21)24-11-7-6-8-20(24)17-25(28)26(32)31-27-29-18-22(30-27)16-19-12-14-23(33-2)15-13-19/h3-15,18,25H,16-17H2,1-2H3,(H2,29,30,31,32)/t25-,28+/m1/s1. The van der Waals surface area contributed by atoms with Crippen LogP contribution in [-0.2, 0) is 23.1 Å². The highest BCUT2D eigenvalue weighted by Crippen LogP contribution is 2.48. The minimum absolute atomic E-state index is 0.0251. The Kier molecular flexibility index (Phi) is 5.47. The molecule has 0 saturated carbocycles. The number of aromatic nitrogens is 2. The van der Waals surface area contributed by atoms with E-state index in [0.29, 0.717) is 18.8 Å². The Morgan fingerprint density at radius 1 is 1.06 bits per heavy atom. The maximum atomic E-state index is 13.5. The van der Waals surface area contributed by atoms with Crippen LogP contribution >= 0.6 is 0 Å². The van der Waals surface area contributed by atoms with Crippen LogP contribution in [0.15, 0.2) is 85.1 Å². The van der Waals surface area contributed by atoms with Crippen molar-refractivity contribution >= 4 is 11.9 Å². The third-order valence-corrected chi connectivity index (χ3v) is 6.81. The molecule has 4 aromatic rings. The van der Waals surface area contributed by atoms with E-state index in [1.54, 1.807) is 13.3 Å². The SMILES string of the molecule is COc1ccc(Cc2cnc(NC(=O)[C@H]3Cc4ccccc4[C@]3(C)c3ccccc3)[nH]2)cc1. The molecule has 1 heterocycles. The second kappa shape index (κ2) is 8.58. The fourth-order valence-electron chi connectivity index (χ4n) is 4.99. The predicted molar refractivity (Wildman–Crippen MR) is 130 cm³/mol. The average Bonchev–Trinajstić information content (AvgIpc) is 3.42. The number of anilines is 1. The molecule has 3 aromatic carbocycles. The van der Waals surface area contributed by atoms with Gasteiger partial charge in [-0.2, -0.15) is 0 Å². The molecular formula is C28H27N3O2. The lowest BCUT2D eigenvalue weighted by atomic mass is 9.71. The highest BCUT2D eigenvalue weighted by Gasteiger charge is 2.47. The van der Waals surface area contributed by atoms with Crippen molar-refractivity contribution in [1.82, 2.24) is 9.97 Å². The molecule has 0 unspecified atom stereocenters. The van der Waals surface area contributed by atoms with Gasteiger partial charge in [0, 0.05) is 17.5 Å². The van der Waals surface area contributed by atoms with Crippen molar-refractivity contribution in [1.29, 1.82) is 0 Å². The predicted octanol–water partition coefficient (Wildman–Crippen LogP) is 5.13. The number of hydrogen-bond donors (Lipinski definition) is 2. The van der Waals surface area contributed by atoms with Gasteiger partial charge in [-0.15, -0.1) is 0 Å². The number of carbonyl (C=O) groups is 1. The van der Waals surface area contributed by atoms with Crippen LogP contribution in [0.3, 0.4) is 0 Å². The van der Waals surface area contributed by atoms with Gasteiger partial charge in [-0.25, -0.2) is 4.98 Å². The van der Waals surface area contributed by atoms with E-state index in [1.165, 1.54) is 11.1 Å². The summed E-state index contributed by atoms with van der Waals surface area (Å²) in [6.07, 6.45) is 3.18. The number of carbonyl (C=O) groups excluding carboxylic acids is 1. The number of nitrogens with one attached hydrogen (secondary N) is 2. The Bertz CT molecular complexity index is 1260. The highest BCUT2D eigenvalue weighted by atomic mass is 16.5. The van der Waals surface area contributed by atoms with E-state index in [2.05, 4.69) is 52.5 Å². The molecule has 1 aromatic heterocycles. The molecule has 33 heavy (non-hydrogen) atoms. The van der Waals surface area contributed by atoms with Crippen molar-refractivity contribution in [3.63, 3.8) is 0 Å². The van der Waals surface area contributed by atoms with Gasteiger partial charge in [0.25, 0.3) is 0 Å². The topological polar surface area (TPSA) is 67.0 Å². The Balaban J connectivity index is 1.36. The summed E-state index contributed by atoms with van der Waals surface area (Å²) in [5.41, 5.74) is 5.27. The van der Waals surface area contributed by atoms with Gasteiger partial charge in [0.1, 0.15) is 5.75 Å². The van der Waals surface area contributed by atoms with Crippen LogP contribution in [0.4, 0.5) is 5.95 Å². The Morgan fingerprint density at radius 3 is 2.55 bits per heavy atom. The summed E-state index contributed by atoms with van der Waals surface area (Å²) < 4.78 is 5.22. The molecule has 5 heteroatoms. The highest BCUT2D eigenvalue weighted by molar-refractivity contribution is 5.93. The van der Waals surface area contributed by atoms with Gasteiger partial charge in [0.2, 0.25) is 11.9 Å². The number of ether oxygens (including phenoxy) is 1. The van der Waals surface area contributed by atoms with Crippen LogP contribution in [0.25, 0.3) is 0 Å². The maximum absolute atomic E-state index is 13.5. The van der Waals surface area contributed by atoms with Crippen LogP contribution in [0, 0.1) is 5.92 Å². The lowest BCUT2D eigenvalue weighted by Gasteiger charge is -2.32. The number of H-pyrrole nitrogens is 1. The first-order valence-corrected chi connectivity index (χ1v) is 11.2. The normalized spacial score (nSPS) is 19.2. The number of aromatic amines is 1. The van der Waals surface area contributed by atoms with Gasteiger partial charge in [-0.05, 0) is 40.8 Å². The van der Waals surface area contributed by atoms with Crippen molar-refractivity contribution in [2.45, 2.75) is 25.2 Å². The van der Waals surface area contributed by atoms with Crippen molar-refractivity contribution in [2.75, 3.05) is 12.4 Å². The van der Waals surface area contributed by atoms with Gasteiger partial charge >= 0.3 is 0 Å². The zero-order chi connectivity index (χ0) is 22.8. The molecule has 2 atom stereocenters. The molecule has 2 N–H and O–H groups in total. The van der Waals surface area contributed by atoms with Crippen molar-refractivity contribution in [3.8, 4) is 5.75 Å². The third kappa shape index (κ3) is 3.91. The molecule has 0 fully saturated rings. The lowest BCUT2D eigenvalue weighted by Crippen LogP contribution is -2.38. The molecule has 0 bridgehead atoms. The van der Waals surface area contributed by atoms with E-state index >= 15 is 0 Å². The first-order chi connectivity index (χ1) is 16.1. The number of benzene rings is 3. The van der Waals surface area contributed by atoms with Crippen LogP contribution < -0.4 is 10.1 Å². The Hall–Kier alpha value is -3.86. The van der Waals surface area contributed by atoms with E-state index in [-0.39, 0.29) is 11.8 Å². The minimum Gasteiger partial charge on any atom is -0.497 e. The van der Waals surface area contributed by atoms with Crippen molar-refractivity contribution < 1.29 is 9.53 Å². The zero-order valence-corrected chi connectivity index (χ0v) is 18.8. The van der Waals surface area contributed by atoms with E-state index in [9.17, 15) is 4.79 Å². The number of hydrogen-bond acceptors (Lipinski definition) is 3. The number of rotatable bonds is 6. The molecule has 5 rings (SSSR count). The average molecular weight is 438 g/mol. The third-order valence-electron chi connectivity index (χ3n) is 6.81. The molecule has 0 radical (unpaired) electrons. The first-order valence-electron chi connectivity index (χ1n) is 11.2. The molecule has 1 amide bonds. The van der Waals surface area contributed by atoms with E-state index in [4.69, 9.17) is 4.74 Å². The van der Waals surface area contributed by atoms with Gasteiger partial charge in [-0.1, -0.05) is 73.7 Å². The fraction of sp³-hybridized carbons (Fsp3) is 0.214. The van der Waals surface area contributed by atoms with Crippen LogP contribution in [0.5, 0.6) is 5.75 Å². The van der Waals surface area contributed by atoms with Gasteiger partial charge in [0.05, 0.1) is 19.2 Å². The number of amides is 1. The molecule has 0 spiro atoms. The van der Waals surface area contributed by atoms with Crippen LogP contribution in [0.1, 0.15) is 34.9 Å². The zero-order valence-electron chi connectivity index (χ0n) is 18.8. The molecule has 0 saturated heterocycles. The monoisotopic (exact) mass is 437 g/mol. The van der Waals surface area contributed by atoms with E-state index < -0.39 is 5.41 Å². The lowest BCUT2D eigenvalue weighted by molar-refractivity contribution is -0.121. The Labute approximate surface area is 193 Å². The van der Waals surface area contributed by atoms with Gasteiger partial charge < -0.3 is 9.72 Å². The summed E-state index contributed by atoms with van der Waals surface area (Å²) in [4.78, 5) is 21.2. The quantitative estimate of drug-likeness (QED) is 0.440. The second-order valence-corrected chi connectivity index (χ2v) is 8.75. The summed E-state index contributed by atoms with van der Waals surface area (Å²) in [5, 5.41) is 3.04. The molecule has 1 aliphatic carbocycles. The van der Waals surface area contributed by atoms with Crippen molar-refractivity contribution in [2.24, 2.45) is 5.92 Å². The fourth-order valence-corrected chi connectivity index (χ4v) is 4.99. The Morgan fingerprint density at radius 2 is 1.79 bits per heavy atom. The first kappa shape index (κ1) is 21.0. The minimum atomic E-state index is -0.402. The van der Waals surface area contributed by atoms with Crippen LogP contribution in [-0.4, -0.2) is 23.0 Å². The van der Waals surface area contributed by atoms with Crippen LogP contribution in [0.2, 0.25) is 0 Å². The summed E-state index contributed by atoms with van der Waals surface area (Å²) in [7, 11) is 1.66. The summed E-state index contributed by atoms with van der Waals surface area (Å²) in [6.45, 7) is 2.18. The largest absolute Gasteiger partial charge is 0.497 e. The molecule has 1 aliphatic rings. The smallest absolute Gasteiger partial charge is 0.231 e. The van der Waals surface area contributed by atoms with E-state index in [0.717, 1.165) is 22.6 Å². The van der Waals surface area contributed by atoms with E-state index in [1.807, 2.05) is 48.5 Å². The van der Waals surface area contributed by atoms with Gasteiger partial charge in [0.15, 0.2) is 0 Å². The molecule has 5 nitrogen and oxygen atoms in total. The summed E-state index contributed by atoms with van der Waals surface area (Å²) in [6, 6.07) is 26.6. The second-order valence-electron chi connectivity index (χ2n) is 8.75. The number of nitrogens with zero attached hydrogens (tertiary/aromatic N) is 1. The summed E-state index contributed by atoms with van der Waals surface area (Å²) in [5.74, 6) is 1.06. The van der Waals surface area contributed by atoms with Crippen molar-refractivity contribution in [3.05, 3.63) is 113 Å². The molecular weight excluding hydrogens is 410 g/mol. The van der Waals surface area contributed by atoms with Gasteiger partial charge in [-0.3, -0.25) is 10.1 Å². The molecule has 0 aliphatic heterocycles. The number of imidazole rings is 1. The maximum Gasteiger partial charge on any atom is 0.231 e.